The number of aromatic nitrogens is 1. The van der Waals surface area contributed by atoms with E-state index < -0.39 is 0 Å². The zero-order valence-electron chi connectivity index (χ0n) is 6.70. The maximum Gasteiger partial charge on any atom is 0.101 e. The third-order valence-corrected chi connectivity index (χ3v) is 1.52. The van der Waals surface area contributed by atoms with Crippen LogP contribution in [0.5, 0.6) is 0 Å². The summed E-state index contributed by atoms with van der Waals surface area (Å²) < 4.78 is 0. The van der Waals surface area contributed by atoms with Gasteiger partial charge in [0.1, 0.15) is 6.07 Å². The molecule has 0 radical (unpaired) electrons. The van der Waals surface area contributed by atoms with E-state index >= 15 is 0 Å². The van der Waals surface area contributed by atoms with Crippen molar-refractivity contribution >= 4 is 0 Å². The smallest absolute Gasteiger partial charge is 0.101 e. The lowest BCUT2D eigenvalue weighted by Crippen LogP contribution is -1.92. The van der Waals surface area contributed by atoms with E-state index in [2.05, 4.69) is 4.98 Å². The Labute approximate surface area is 70.9 Å². The van der Waals surface area contributed by atoms with Crippen LogP contribution in [-0.4, -0.2) is 4.98 Å². The molecule has 0 N–H and O–H groups in total. The minimum Gasteiger partial charge on any atom is -0.260 e. The van der Waals surface area contributed by atoms with Gasteiger partial charge in [0.05, 0.1) is 18.1 Å². The van der Waals surface area contributed by atoms with Crippen molar-refractivity contribution in [2.24, 2.45) is 0 Å². The normalized spacial score (nSPS) is 8.58. The number of aryl methyl sites for hydroxylation is 1. The average Bonchev–Trinajstić information content (AvgIpc) is 2.05. The summed E-state index contributed by atoms with van der Waals surface area (Å²) in [7, 11) is 0. The van der Waals surface area contributed by atoms with Gasteiger partial charge in [0.15, 0.2) is 0 Å². The molecule has 1 aromatic heterocycles. The summed E-state index contributed by atoms with van der Waals surface area (Å²) in [6, 6.07) is 5.77. The second-order valence-electron chi connectivity index (χ2n) is 2.43. The second kappa shape index (κ2) is 3.50. The van der Waals surface area contributed by atoms with Gasteiger partial charge in [-0.1, -0.05) is 0 Å². The lowest BCUT2D eigenvalue weighted by molar-refractivity contribution is 1.13. The van der Waals surface area contributed by atoms with Gasteiger partial charge in [-0.2, -0.15) is 10.5 Å². The molecule has 0 aliphatic rings. The largest absolute Gasteiger partial charge is 0.260 e. The Kier molecular flexibility index (Phi) is 2.40. The summed E-state index contributed by atoms with van der Waals surface area (Å²) in [6.45, 7) is 1.84. The maximum atomic E-state index is 8.64. The first-order valence-electron chi connectivity index (χ1n) is 3.50. The Morgan fingerprint density at radius 3 is 2.83 bits per heavy atom. The van der Waals surface area contributed by atoms with Gasteiger partial charge >= 0.3 is 0 Å². The Morgan fingerprint density at radius 1 is 1.50 bits per heavy atom. The van der Waals surface area contributed by atoms with Gasteiger partial charge in [-0.05, 0) is 18.6 Å². The zero-order chi connectivity index (χ0) is 8.97. The van der Waals surface area contributed by atoms with Crippen LogP contribution >= 0.6 is 0 Å². The topological polar surface area (TPSA) is 60.5 Å². The van der Waals surface area contributed by atoms with Crippen molar-refractivity contribution in [1.82, 2.24) is 4.98 Å². The summed E-state index contributed by atoms with van der Waals surface area (Å²) in [4.78, 5) is 3.96. The fraction of sp³-hybridized carbons (Fsp3) is 0.222. The molecule has 0 aliphatic carbocycles. The first kappa shape index (κ1) is 8.23. The highest BCUT2D eigenvalue weighted by Crippen LogP contribution is 2.08. The molecule has 0 bridgehead atoms. The number of nitriles is 2. The molecule has 0 fully saturated rings. The highest BCUT2D eigenvalue weighted by Gasteiger charge is 2.01. The van der Waals surface area contributed by atoms with E-state index in [1.165, 1.54) is 6.20 Å². The standard InChI is InChI=1S/C9H7N3/c1-7-4-8(2-3-10)9(5-11)6-12-7/h4,6H,2H2,1H3. The van der Waals surface area contributed by atoms with Crippen LogP contribution in [-0.2, 0) is 6.42 Å². The van der Waals surface area contributed by atoms with Crippen LogP contribution in [0, 0.1) is 29.6 Å². The van der Waals surface area contributed by atoms with Crippen LogP contribution in [0.4, 0.5) is 0 Å². The van der Waals surface area contributed by atoms with E-state index in [0.29, 0.717) is 5.56 Å². The summed E-state index contributed by atoms with van der Waals surface area (Å²) in [5, 5.41) is 17.1. The first-order chi connectivity index (χ1) is 5.77. The molecule has 0 aliphatic heterocycles. The van der Waals surface area contributed by atoms with Crippen LogP contribution in [0.2, 0.25) is 0 Å². The van der Waals surface area contributed by atoms with Gasteiger partial charge in [-0.3, -0.25) is 4.98 Å². The SMILES string of the molecule is Cc1cc(CC#N)c(C#N)cn1. The van der Waals surface area contributed by atoms with Crippen molar-refractivity contribution in [3.05, 3.63) is 29.1 Å². The van der Waals surface area contributed by atoms with Gasteiger partial charge in [0.2, 0.25) is 0 Å². The van der Waals surface area contributed by atoms with Crippen molar-refractivity contribution in [3.8, 4) is 12.1 Å². The minimum atomic E-state index is 0.270. The molecule has 12 heavy (non-hydrogen) atoms. The van der Waals surface area contributed by atoms with Crippen LogP contribution in [0.1, 0.15) is 16.8 Å². The lowest BCUT2D eigenvalue weighted by Gasteiger charge is -1.98. The quantitative estimate of drug-likeness (QED) is 0.617. The monoisotopic (exact) mass is 157 g/mol. The summed E-state index contributed by atoms with van der Waals surface area (Å²) in [5.74, 6) is 0. The van der Waals surface area contributed by atoms with Crippen LogP contribution in [0.25, 0.3) is 0 Å². The number of pyridine rings is 1. The van der Waals surface area contributed by atoms with E-state index in [1.54, 1.807) is 6.07 Å². The van der Waals surface area contributed by atoms with Crippen molar-refractivity contribution in [3.63, 3.8) is 0 Å². The molecule has 3 heteroatoms. The molecule has 58 valence electrons. The van der Waals surface area contributed by atoms with E-state index in [-0.39, 0.29) is 6.42 Å². The van der Waals surface area contributed by atoms with E-state index in [1.807, 2.05) is 19.1 Å². The molecular formula is C9H7N3. The molecule has 1 aromatic rings. The molecule has 0 atom stereocenters. The van der Waals surface area contributed by atoms with Gasteiger partial charge in [-0.25, -0.2) is 0 Å². The summed E-state index contributed by atoms with van der Waals surface area (Å²) >= 11 is 0. The molecule has 0 saturated carbocycles. The molecule has 3 nitrogen and oxygen atoms in total. The Hall–Kier alpha value is -1.87. The molecule has 1 rings (SSSR count). The van der Waals surface area contributed by atoms with E-state index in [0.717, 1.165) is 11.3 Å². The molecular weight excluding hydrogens is 150 g/mol. The fourth-order valence-electron chi connectivity index (χ4n) is 0.949. The van der Waals surface area contributed by atoms with Crippen molar-refractivity contribution < 1.29 is 0 Å². The predicted molar refractivity (Wildman–Crippen MR) is 43.0 cm³/mol. The number of rotatable bonds is 1. The Morgan fingerprint density at radius 2 is 2.25 bits per heavy atom. The van der Waals surface area contributed by atoms with Crippen molar-refractivity contribution in [2.45, 2.75) is 13.3 Å². The van der Waals surface area contributed by atoms with Crippen molar-refractivity contribution in [2.75, 3.05) is 0 Å². The molecule has 0 spiro atoms. The fourth-order valence-corrected chi connectivity index (χ4v) is 0.949. The highest BCUT2D eigenvalue weighted by molar-refractivity contribution is 5.37. The van der Waals surface area contributed by atoms with Crippen molar-refractivity contribution in [1.29, 1.82) is 10.5 Å². The molecule has 1 heterocycles. The summed E-state index contributed by atoms with van der Waals surface area (Å²) in [5.41, 5.74) is 2.08. The van der Waals surface area contributed by atoms with Gasteiger partial charge in [0, 0.05) is 11.9 Å². The molecule has 0 amide bonds. The molecule has 0 unspecified atom stereocenters. The number of hydrogen-bond donors (Lipinski definition) is 0. The highest BCUT2D eigenvalue weighted by atomic mass is 14.7. The summed E-state index contributed by atoms with van der Waals surface area (Å²) in [6.07, 6.45) is 1.77. The second-order valence-corrected chi connectivity index (χ2v) is 2.43. The number of hydrogen-bond acceptors (Lipinski definition) is 3. The molecule has 0 saturated heterocycles. The maximum absolute atomic E-state index is 8.64. The number of nitrogens with zero attached hydrogens (tertiary/aromatic N) is 3. The zero-order valence-corrected chi connectivity index (χ0v) is 6.70. The first-order valence-corrected chi connectivity index (χ1v) is 3.50. The van der Waals surface area contributed by atoms with Gasteiger partial charge in [0.25, 0.3) is 0 Å². The van der Waals surface area contributed by atoms with Crippen LogP contribution in [0.3, 0.4) is 0 Å². The minimum absolute atomic E-state index is 0.270. The van der Waals surface area contributed by atoms with Crippen LogP contribution < -0.4 is 0 Å². The third kappa shape index (κ3) is 1.59. The van der Waals surface area contributed by atoms with E-state index in [9.17, 15) is 0 Å². The Bertz CT molecular complexity index is 368. The molecule has 0 aromatic carbocycles. The predicted octanol–water partition coefficient (Wildman–Crippen LogP) is 1.33. The van der Waals surface area contributed by atoms with Gasteiger partial charge in [-0.15, -0.1) is 0 Å². The lowest BCUT2D eigenvalue weighted by atomic mass is 10.1. The Balaban J connectivity index is 3.16. The van der Waals surface area contributed by atoms with E-state index in [4.69, 9.17) is 10.5 Å². The van der Waals surface area contributed by atoms with Crippen LogP contribution in [0.15, 0.2) is 12.3 Å². The third-order valence-electron chi connectivity index (χ3n) is 1.52. The van der Waals surface area contributed by atoms with Gasteiger partial charge < -0.3 is 0 Å². The average molecular weight is 157 g/mol.